The van der Waals surface area contributed by atoms with E-state index in [1.807, 2.05) is 17.9 Å². The van der Waals surface area contributed by atoms with E-state index in [0.717, 1.165) is 23.4 Å². The standard InChI is InChI=1S/C23H25FN4O3/c1-2-23(17-7-4-3-5-8-17)21(30)28(22(31)25-23)26-20(29)15-27-14-6-9-19(27)16-10-12-18(24)13-11-16/h3-5,7-8,10-13,19H,2,6,9,14-15H2,1H3,(H,25,31)(H,26,29). The SMILES string of the molecule is CCC1(c2ccccc2)NC(=O)N(NC(=O)CN2CCCC2c2ccc(F)cc2)C1=O. The summed E-state index contributed by atoms with van der Waals surface area (Å²) in [5.74, 6) is -1.25. The van der Waals surface area contributed by atoms with Gasteiger partial charge in [0.1, 0.15) is 11.4 Å². The molecule has 0 spiro atoms. The van der Waals surface area contributed by atoms with Crippen LogP contribution in [0.1, 0.15) is 43.4 Å². The predicted octanol–water partition coefficient (Wildman–Crippen LogP) is 2.85. The number of carbonyl (C=O) groups is 3. The van der Waals surface area contributed by atoms with Gasteiger partial charge in [-0.15, -0.1) is 0 Å². The van der Waals surface area contributed by atoms with Gasteiger partial charge in [0.25, 0.3) is 11.8 Å². The van der Waals surface area contributed by atoms with Gasteiger partial charge >= 0.3 is 6.03 Å². The van der Waals surface area contributed by atoms with Crippen LogP contribution in [0.15, 0.2) is 54.6 Å². The van der Waals surface area contributed by atoms with Crippen molar-refractivity contribution in [1.29, 1.82) is 0 Å². The average Bonchev–Trinajstić information content (AvgIpc) is 3.33. The van der Waals surface area contributed by atoms with Crippen LogP contribution < -0.4 is 10.7 Å². The number of imide groups is 1. The molecule has 2 aromatic carbocycles. The van der Waals surface area contributed by atoms with Crippen LogP contribution in [-0.2, 0) is 15.1 Å². The maximum absolute atomic E-state index is 13.2. The third-order valence-electron chi connectivity index (χ3n) is 6.09. The monoisotopic (exact) mass is 424 g/mol. The van der Waals surface area contributed by atoms with Crippen molar-refractivity contribution in [3.05, 3.63) is 71.5 Å². The first-order valence-corrected chi connectivity index (χ1v) is 10.5. The molecule has 2 aromatic rings. The van der Waals surface area contributed by atoms with Crippen LogP contribution in [0.5, 0.6) is 0 Å². The maximum Gasteiger partial charge on any atom is 0.344 e. The second-order valence-electron chi connectivity index (χ2n) is 7.91. The van der Waals surface area contributed by atoms with Gasteiger partial charge in [-0.2, -0.15) is 5.01 Å². The molecule has 4 rings (SSSR count). The number of urea groups is 1. The van der Waals surface area contributed by atoms with Gasteiger partial charge in [0, 0.05) is 6.04 Å². The molecule has 0 bridgehead atoms. The summed E-state index contributed by atoms with van der Waals surface area (Å²) in [4.78, 5) is 40.4. The molecule has 162 valence electrons. The van der Waals surface area contributed by atoms with Crippen LogP contribution in [0.4, 0.5) is 9.18 Å². The van der Waals surface area contributed by atoms with Crippen LogP contribution >= 0.6 is 0 Å². The van der Waals surface area contributed by atoms with Crippen molar-refractivity contribution < 1.29 is 18.8 Å². The van der Waals surface area contributed by atoms with Crippen LogP contribution in [0.25, 0.3) is 0 Å². The number of hydrogen-bond donors (Lipinski definition) is 2. The summed E-state index contributed by atoms with van der Waals surface area (Å²) < 4.78 is 13.2. The molecule has 31 heavy (non-hydrogen) atoms. The molecule has 0 aliphatic carbocycles. The van der Waals surface area contributed by atoms with Gasteiger partial charge in [0.15, 0.2) is 0 Å². The molecule has 2 saturated heterocycles. The van der Waals surface area contributed by atoms with Crippen molar-refractivity contribution in [3.63, 3.8) is 0 Å². The van der Waals surface area contributed by atoms with E-state index in [0.29, 0.717) is 18.5 Å². The molecule has 0 radical (unpaired) electrons. The first kappa shape index (κ1) is 21.0. The van der Waals surface area contributed by atoms with Crippen LogP contribution in [-0.4, -0.2) is 40.8 Å². The first-order valence-electron chi connectivity index (χ1n) is 10.5. The number of carbonyl (C=O) groups excluding carboxylic acids is 3. The molecule has 7 nitrogen and oxygen atoms in total. The number of rotatable bonds is 6. The van der Waals surface area contributed by atoms with E-state index in [4.69, 9.17) is 0 Å². The normalized spacial score (nSPS) is 23.8. The Morgan fingerprint density at radius 3 is 2.55 bits per heavy atom. The Hall–Kier alpha value is -3.26. The number of benzene rings is 2. The van der Waals surface area contributed by atoms with Crippen molar-refractivity contribution in [2.45, 2.75) is 37.8 Å². The van der Waals surface area contributed by atoms with Gasteiger partial charge in [-0.1, -0.05) is 49.4 Å². The highest BCUT2D eigenvalue weighted by atomic mass is 19.1. The van der Waals surface area contributed by atoms with Gasteiger partial charge in [0.2, 0.25) is 0 Å². The van der Waals surface area contributed by atoms with Gasteiger partial charge in [-0.3, -0.25) is 19.9 Å². The highest BCUT2D eigenvalue weighted by Gasteiger charge is 2.52. The van der Waals surface area contributed by atoms with Crippen LogP contribution in [0.3, 0.4) is 0 Å². The van der Waals surface area contributed by atoms with E-state index in [1.165, 1.54) is 12.1 Å². The van der Waals surface area contributed by atoms with Gasteiger partial charge in [0.05, 0.1) is 6.54 Å². The minimum absolute atomic E-state index is 0.00601. The summed E-state index contributed by atoms with van der Waals surface area (Å²) in [6.45, 7) is 2.55. The molecular formula is C23H25FN4O3. The summed E-state index contributed by atoms with van der Waals surface area (Å²) in [5, 5.41) is 3.53. The second-order valence-corrected chi connectivity index (χ2v) is 7.91. The van der Waals surface area contributed by atoms with Crippen molar-refractivity contribution >= 4 is 17.8 Å². The topological polar surface area (TPSA) is 81.8 Å². The summed E-state index contributed by atoms with van der Waals surface area (Å²) >= 11 is 0. The number of hydrazine groups is 1. The molecule has 2 aliphatic rings. The molecule has 2 atom stereocenters. The zero-order valence-electron chi connectivity index (χ0n) is 17.3. The lowest BCUT2D eigenvalue weighted by atomic mass is 9.87. The number of nitrogens with zero attached hydrogens (tertiary/aromatic N) is 2. The summed E-state index contributed by atoms with van der Waals surface area (Å²) in [6.07, 6.45) is 2.12. The van der Waals surface area contributed by atoms with Gasteiger partial charge in [-0.05, 0) is 49.1 Å². The van der Waals surface area contributed by atoms with Crippen molar-refractivity contribution in [2.24, 2.45) is 0 Å². The fourth-order valence-corrected chi connectivity index (χ4v) is 4.46. The molecule has 8 heteroatoms. The van der Waals surface area contributed by atoms with Crippen LogP contribution in [0, 0.1) is 5.82 Å². The number of likely N-dealkylation sites (tertiary alicyclic amines) is 1. The summed E-state index contributed by atoms with van der Waals surface area (Å²) in [7, 11) is 0. The largest absolute Gasteiger partial charge is 0.344 e. The molecule has 2 N–H and O–H groups in total. The lowest BCUT2D eigenvalue weighted by Crippen LogP contribution is -2.51. The Balaban J connectivity index is 1.45. The molecule has 0 saturated carbocycles. The molecule has 2 aliphatic heterocycles. The molecule has 2 unspecified atom stereocenters. The minimum atomic E-state index is -1.20. The van der Waals surface area contributed by atoms with E-state index in [1.54, 1.807) is 36.4 Å². The second kappa shape index (κ2) is 8.47. The molecule has 2 heterocycles. The smallest absolute Gasteiger partial charge is 0.318 e. The lowest BCUT2D eigenvalue weighted by molar-refractivity contribution is -0.140. The highest BCUT2D eigenvalue weighted by Crippen LogP contribution is 2.33. The van der Waals surface area contributed by atoms with E-state index in [9.17, 15) is 18.8 Å². The first-order chi connectivity index (χ1) is 14.9. The third kappa shape index (κ3) is 3.90. The fraction of sp³-hybridized carbons (Fsp3) is 0.348. The highest BCUT2D eigenvalue weighted by molar-refractivity contribution is 6.08. The predicted molar refractivity (Wildman–Crippen MR) is 112 cm³/mol. The number of amides is 4. The number of nitrogens with one attached hydrogen (secondary N) is 2. The Bertz CT molecular complexity index is 982. The summed E-state index contributed by atoms with van der Waals surface area (Å²) in [5.41, 5.74) is 2.89. The van der Waals surface area contributed by atoms with Crippen molar-refractivity contribution in [1.82, 2.24) is 20.7 Å². The zero-order chi connectivity index (χ0) is 22.0. The Kier molecular flexibility index (Phi) is 5.73. The van der Waals surface area contributed by atoms with E-state index in [2.05, 4.69) is 10.7 Å². The molecule has 0 aromatic heterocycles. The van der Waals surface area contributed by atoms with E-state index >= 15 is 0 Å². The Labute approximate surface area is 180 Å². The van der Waals surface area contributed by atoms with Gasteiger partial charge in [-0.25, -0.2) is 9.18 Å². The number of halogens is 1. The van der Waals surface area contributed by atoms with E-state index in [-0.39, 0.29) is 18.4 Å². The fourth-order valence-electron chi connectivity index (χ4n) is 4.46. The Morgan fingerprint density at radius 1 is 1.16 bits per heavy atom. The molecule has 4 amide bonds. The zero-order valence-corrected chi connectivity index (χ0v) is 17.3. The van der Waals surface area contributed by atoms with Crippen molar-refractivity contribution in [2.75, 3.05) is 13.1 Å². The lowest BCUT2D eigenvalue weighted by Gasteiger charge is -2.26. The minimum Gasteiger partial charge on any atom is -0.318 e. The molecule has 2 fully saturated rings. The van der Waals surface area contributed by atoms with E-state index < -0.39 is 23.4 Å². The third-order valence-corrected chi connectivity index (χ3v) is 6.09. The van der Waals surface area contributed by atoms with Crippen molar-refractivity contribution in [3.8, 4) is 0 Å². The maximum atomic E-state index is 13.2. The Morgan fingerprint density at radius 2 is 1.87 bits per heavy atom. The van der Waals surface area contributed by atoms with Gasteiger partial charge < -0.3 is 5.32 Å². The quantitative estimate of drug-likeness (QED) is 0.699. The average molecular weight is 424 g/mol. The molecular weight excluding hydrogens is 399 g/mol. The summed E-state index contributed by atoms with van der Waals surface area (Å²) in [6, 6.07) is 14.6. The van der Waals surface area contributed by atoms with Crippen LogP contribution in [0.2, 0.25) is 0 Å². The number of hydrogen-bond acceptors (Lipinski definition) is 4.